The molecule has 1 aromatic heterocycles. The number of hydrogen-bond donors (Lipinski definition) is 3. The summed E-state index contributed by atoms with van der Waals surface area (Å²) in [7, 11) is 0. The van der Waals surface area contributed by atoms with E-state index in [1.54, 1.807) is 18.5 Å². The fraction of sp³-hybridized carbons (Fsp3) is 0.353. The van der Waals surface area contributed by atoms with Crippen LogP contribution in [0.5, 0.6) is 0 Å². The molecule has 6 heteroatoms. The highest BCUT2D eigenvalue weighted by Crippen LogP contribution is 2.25. The molecule has 1 fully saturated rings. The fourth-order valence-electron chi connectivity index (χ4n) is 2.76. The second-order valence-corrected chi connectivity index (χ2v) is 5.82. The average Bonchev–Trinajstić information content (AvgIpc) is 2.95. The van der Waals surface area contributed by atoms with Crippen molar-refractivity contribution in [1.29, 1.82) is 0 Å². The maximum absolute atomic E-state index is 13.3. The van der Waals surface area contributed by atoms with Gasteiger partial charge in [0.1, 0.15) is 5.82 Å². The largest absolute Gasteiger partial charge is 0.404 e. The molecule has 1 aromatic carbocycles. The quantitative estimate of drug-likeness (QED) is 0.756. The topological polar surface area (TPSA) is 83.6 Å². The minimum Gasteiger partial charge on any atom is -0.404 e. The Balaban J connectivity index is 1.78. The maximum atomic E-state index is 13.3. The summed E-state index contributed by atoms with van der Waals surface area (Å²) in [5.41, 5.74) is 7.18. The van der Waals surface area contributed by atoms with Gasteiger partial charge >= 0.3 is 0 Å². The van der Waals surface area contributed by atoms with Crippen LogP contribution in [0.25, 0.3) is 16.5 Å². The van der Waals surface area contributed by atoms with Crippen LogP contribution in [-0.4, -0.2) is 41.7 Å². The molecule has 0 aliphatic carbocycles. The molecule has 2 aromatic rings. The van der Waals surface area contributed by atoms with Crippen LogP contribution in [0.4, 0.5) is 4.39 Å². The molecule has 0 radical (unpaired) electrons. The van der Waals surface area contributed by atoms with Crippen molar-refractivity contribution < 1.29 is 14.2 Å². The number of allylic oxidation sites excluding steroid dienone is 1. The summed E-state index contributed by atoms with van der Waals surface area (Å²) < 4.78 is 18.5. The average molecular weight is 317 g/mol. The number of nitrogens with one attached hydrogen (secondary N) is 1. The van der Waals surface area contributed by atoms with Crippen LogP contribution < -0.4 is 5.73 Å². The van der Waals surface area contributed by atoms with Gasteiger partial charge in [0.05, 0.1) is 12.1 Å². The minimum absolute atomic E-state index is 0.292. The third-order valence-corrected chi connectivity index (χ3v) is 4.17. The number of rotatable bonds is 4. The monoisotopic (exact) mass is 317 g/mol. The molecule has 3 rings (SSSR count). The summed E-state index contributed by atoms with van der Waals surface area (Å²) >= 11 is 0. The van der Waals surface area contributed by atoms with Crippen LogP contribution in [0.2, 0.25) is 0 Å². The number of nitrogens with two attached hydrogens (primary N) is 1. The molecule has 0 bridgehead atoms. The fourth-order valence-corrected chi connectivity index (χ4v) is 2.76. The standard InChI is InChI=1S/C17H20FN3O2/c18-13-1-2-14-15(10-21-16(14)7-13)12(8-19)9-20-11-17(22)3-5-23-6-4-17/h1-2,7-10,21-22H,3-6,11,19H2. The third kappa shape index (κ3) is 3.43. The lowest BCUT2D eigenvalue weighted by atomic mass is 9.95. The van der Waals surface area contributed by atoms with E-state index < -0.39 is 5.60 Å². The number of nitrogens with zero attached hydrogens (tertiary/aromatic N) is 1. The molecule has 5 nitrogen and oxygen atoms in total. The zero-order valence-electron chi connectivity index (χ0n) is 12.8. The molecule has 0 unspecified atom stereocenters. The maximum Gasteiger partial charge on any atom is 0.125 e. The summed E-state index contributed by atoms with van der Waals surface area (Å²) in [5.74, 6) is -0.292. The Labute approximate surface area is 133 Å². The van der Waals surface area contributed by atoms with Crippen molar-refractivity contribution in [2.75, 3.05) is 19.8 Å². The van der Waals surface area contributed by atoms with Gasteiger partial charge in [-0.1, -0.05) is 0 Å². The number of halogens is 1. The van der Waals surface area contributed by atoms with E-state index in [-0.39, 0.29) is 5.82 Å². The highest BCUT2D eigenvalue weighted by Gasteiger charge is 2.29. The molecule has 23 heavy (non-hydrogen) atoms. The highest BCUT2D eigenvalue weighted by atomic mass is 19.1. The van der Waals surface area contributed by atoms with Gasteiger partial charge < -0.3 is 20.6 Å². The van der Waals surface area contributed by atoms with E-state index in [2.05, 4.69) is 9.98 Å². The first-order valence-electron chi connectivity index (χ1n) is 7.60. The van der Waals surface area contributed by atoms with Crippen molar-refractivity contribution in [3.63, 3.8) is 0 Å². The van der Waals surface area contributed by atoms with Crippen molar-refractivity contribution in [3.05, 3.63) is 42.0 Å². The van der Waals surface area contributed by atoms with Gasteiger partial charge in [0.2, 0.25) is 0 Å². The minimum atomic E-state index is -0.808. The van der Waals surface area contributed by atoms with Gasteiger partial charge in [-0.3, -0.25) is 4.99 Å². The van der Waals surface area contributed by atoms with Crippen molar-refractivity contribution in [2.45, 2.75) is 18.4 Å². The number of hydrogen-bond acceptors (Lipinski definition) is 4. The van der Waals surface area contributed by atoms with Crippen LogP contribution in [0, 0.1) is 5.82 Å². The Morgan fingerprint density at radius 1 is 1.43 bits per heavy atom. The lowest BCUT2D eigenvalue weighted by molar-refractivity contribution is -0.0564. The van der Waals surface area contributed by atoms with Crippen molar-refractivity contribution >= 4 is 22.7 Å². The van der Waals surface area contributed by atoms with E-state index in [4.69, 9.17) is 10.5 Å². The molecule has 4 N–H and O–H groups in total. The third-order valence-electron chi connectivity index (χ3n) is 4.17. The van der Waals surface area contributed by atoms with Crippen molar-refractivity contribution in [1.82, 2.24) is 4.98 Å². The van der Waals surface area contributed by atoms with Gasteiger partial charge in [0.15, 0.2) is 0 Å². The molecule has 1 aliphatic rings. The number of fused-ring (bicyclic) bond motifs is 1. The first kappa shape index (κ1) is 15.7. The number of ether oxygens (including phenoxy) is 1. The van der Waals surface area contributed by atoms with Gasteiger partial charge in [0, 0.05) is 66.7 Å². The van der Waals surface area contributed by atoms with Gasteiger partial charge in [-0.2, -0.15) is 0 Å². The molecule has 122 valence electrons. The van der Waals surface area contributed by atoms with Gasteiger partial charge in [-0.15, -0.1) is 0 Å². The summed E-state index contributed by atoms with van der Waals surface area (Å²) in [6, 6.07) is 4.56. The summed E-state index contributed by atoms with van der Waals surface area (Å²) in [6.07, 6.45) is 6.05. The number of aromatic amines is 1. The molecule has 1 saturated heterocycles. The van der Waals surface area contributed by atoms with Crippen LogP contribution in [-0.2, 0) is 4.74 Å². The van der Waals surface area contributed by atoms with Gasteiger partial charge in [-0.05, 0) is 18.2 Å². The van der Waals surface area contributed by atoms with E-state index in [9.17, 15) is 9.50 Å². The van der Waals surface area contributed by atoms with Crippen LogP contribution in [0.1, 0.15) is 18.4 Å². The van der Waals surface area contributed by atoms with E-state index in [0.29, 0.717) is 38.1 Å². The SMILES string of the molecule is NC=C(C=NCC1(O)CCOCC1)c1c[nH]c2cc(F)ccc12. The normalized spacial score (nSPS) is 18.8. The predicted molar refractivity (Wildman–Crippen MR) is 88.8 cm³/mol. The number of aliphatic imine (C=N–C) groups is 1. The second-order valence-electron chi connectivity index (χ2n) is 5.82. The van der Waals surface area contributed by atoms with Crippen LogP contribution in [0.15, 0.2) is 35.6 Å². The second kappa shape index (κ2) is 6.52. The number of aromatic nitrogens is 1. The molecule has 0 spiro atoms. The Morgan fingerprint density at radius 3 is 2.96 bits per heavy atom. The Kier molecular flexibility index (Phi) is 4.45. The molecule has 0 saturated carbocycles. The van der Waals surface area contributed by atoms with Crippen LogP contribution in [0.3, 0.4) is 0 Å². The van der Waals surface area contributed by atoms with Crippen LogP contribution >= 0.6 is 0 Å². The lowest BCUT2D eigenvalue weighted by Gasteiger charge is -2.30. The first-order chi connectivity index (χ1) is 11.1. The Bertz CT molecular complexity index is 745. The van der Waals surface area contributed by atoms with E-state index in [0.717, 1.165) is 16.5 Å². The summed E-state index contributed by atoms with van der Waals surface area (Å²) in [6.45, 7) is 1.42. The lowest BCUT2D eigenvalue weighted by Crippen LogP contribution is -2.38. The molecule has 1 aliphatic heterocycles. The van der Waals surface area contributed by atoms with Gasteiger partial charge in [0.25, 0.3) is 0 Å². The van der Waals surface area contributed by atoms with E-state index >= 15 is 0 Å². The predicted octanol–water partition coefficient (Wildman–Crippen LogP) is 2.22. The first-order valence-corrected chi connectivity index (χ1v) is 7.60. The Hall–Kier alpha value is -2.18. The molecule has 0 amide bonds. The number of benzene rings is 1. The van der Waals surface area contributed by atoms with E-state index in [1.165, 1.54) is 18.3 Å². The highest BCUT2D eigenvalue weighted by molar-refractivity contribution is 6.14. The number of H-pyrrole nitrogens is 1. The van der Waals surface area contributed by atoms with Crippen molar-refractivity contribution in [3.8, 4) is 0 Å². The molecular weight excluding hydrogens is 297 g/mol. The zero-order valence-corrected chi connectivity index (χ0v) is 12.8. The molecule has 0 atom stereocenters. The summed E-state index contributed by atoms with van der Waals surface area (Å²) in [5, 5.41) is 11.3. The summed E-state index contributed by atoms with van der Waals surface area (Å²) in [4.78, 5) is 7.38. The van der Waals surface area contributed by atoms with Gasteiger partial charge in [-0.25, -0.2) is 4.39 Å². The number of aliphatic hydroxyl groups is 1. The smallest absolute Gasteiger partial charge is 0.125 e. The van der Waals surface area contributed by atoms with Crippen molar-refractivity contribution in [2.24, 2.45) is 10.7 Å². The zero-order chi connectivity index (χ0) is 16.3. The Morgan fingerprint density at radius 2 is 2.22 bits per heavy atom. The molecular formula is C17H20FN3O2. The van der Waals surface area contributed by atoms with E-state index in [1.807, 2.05) is 0 Å². The molecule has 2 heterocycles.